The van der Waals surface area contributed by atoms with Gasteiger partial charge < -0.3 is 14.8 Å². The number of amides is 1. The number of aromatic nitrogens is 3. The third kappa shape index (κ3) is 3.62. The molecule has 0 aliphatic rings. The number of nitrogens with zero attached hydrogens (tertiary/aromatic N) is 3. The highest BCUT2D eigenvalue weighted by atomic mass is 16.5. The third-order valence-electron chi connectivity index (χ3n) is 4.65. The van der Waals surface area contributed by atoms with E-state index in [1.807, 2.05) is 54.6 Å². The molecule has 0 unspecified atom stereocenters. The van der Waals surface area contributed by atoms with Crippen LogP contribution in [0, 0.1) is 0 Å². The molecule has 1 atom stereocenters. The summed E-state index contributed by atoms with van der Waals surface area (Å²) in [5.74, 6) is 0.950. The Balaban J connectivity index is 1.80. The van der Waals surface area contributed by atoms with E-state index in [1.165, 1.54) is 0 Å². The largest absolute Gasteiger partial charge is 0.493 e. The van der Waals surface area contributed by atoms with Gasteiger partial charge in [0.1, 0.15) is 5.52 Å². The minimum Gasteiger partial charge on any atom is -0.493 e. The Hall–Kier alpha value is -3.87. The molecule has 7 nitrogen and oxygen atoms in total. The van der Waals surface area contributed by atoms with Crippen LogP contribution in [0.15, 0.2) is 72.8 Å². The van der Waals surface area contributed by atoms with Crippen LogP contribution in [-0.4, -0.2) is 35.1 Å². The lowest BCUT2D eigenvalue weighted by Crippen LogP contribution is -2.34. The van der Waals surface area contributed by atoms with Crippen molar-refractivity contribution in [2.75, 3.05) is 14.2 Å². The van der Waals surface area contributed by atoms with Crippen molar-refractivity contribution in [2.45, 2.75) is 6.17 Å². The molecule has 4 aromatic rings. The molecule has 7 heteroatoms. The van der Waals surface area contributed by atoms with Crippen LogP contribution in [0.1, 0.15) is 22.1 Å². The van der Waals surface area contributed by atoms with Gasteiger partial charge in [-0.3, -0.25) is 4.79 Å². The van der Waals surface area contributed by atoms with Crippen LogP contribution in [0.5, 0.6) is 11.5 Å². The highest BCUT2D eigenvalue weighted by Gasteiger charge is 2.22. The quantitative estimate of drug-likeness (QED) is 0.548. The minimum absolute atomic E-state index is 0.218. The molecule has 0 radical (unpaired) electrons. The molecular weight excluding hydrogens is 368 g/mol. The molecule has 4 rings (SSSR count). The summed E-state index contributed by atoms with van der Waals surface area (Å²) in [7, 11) is 3.15. The fourth-order valence-electron chi connectivity index (χ4n) is 3.18. The van der Waals surface area contributed by atoms with Crippen LogP contribution in [0.2, 0.25) is 0 Å². The molecule has 1 N–H and O–H groups in total. The van der Waals surface area contributed by atoms with Crippen molar-refractivity contribution in [3.05, 3.63) is 83.9 Å². The van der Waals surface area contributed by atoms with Gasteiger partial charge in [-0.2, -0.15) is 0 Å². The minimum atomic E-state index is -0.588. The molecule has 0 saturated carbocycles. The van der Waals surface area contributed by atoms with Crippen molar-refractivity contribution in [1.82, 2.24) is 20.3 Å². The molecule has 3 aromatic carbocycles. The van der Waals surface area contributed by atoms with Gasteiger partial charge in [0.25, 0.3) is 5.91 Å². The topological polar surface area (TPSA) is 78.3 Å². The van der Waals surface area contributed by atoms with Crippen molar-refractivity contribution in [1.29, 1.82) is 0 Å². The number of para-hydroxylation sites is 1. The van der Waals surface area contributed by atoms with Crippen LogP contribution in [0.25, 0.3) is 11.0 Å². The van der Waals surface area contributed by atoms with Gasteiger partial charge >= 0.3 is 0 Å². The van der Waals surface area contributed by atoms with Crippen LogP contribution >= 0.6 is 0 Å². The molecule has 0 saturated heterocycles. The lowest BCUT2D eigenvalue weighted by Gasteiger charge is -2.21. The molecule has 146 valence electrons. The van der Waals surface area contributed by atoms with Gasteiger partial charge in [-0.05, 0) is 36.4 Å². The Labute approximate surface area is 167 Å². The van der Waals surface area contributed by atoms with Gasteiger partial charge in [0.15, 0.2) is 17.7 Å². The zero-order valence-electron chi connectivity index (χ0n) is 16.1. The summed E-state index contributed by atoms with van der Waals surface area (Å²) < 4.78 is 12.5. The lowest BCUT2D eigenvalue weighted by atomic mass is 10.1. The van der Waals surface area contributed by atoms with Gasteiger partial charge in [-0.25, -0.2) is 4.68 Å². The molecular formula is C22H20N4O3. The summed E-state index contributed by atoms with van der Waals surface area (Å²) in [5, 5.41) is 11.6. The zero-order chi connectivity index (χ0) is 20.2. The van der Waals surface area contributed by atoms with Gasteiger partial charge in [-0.1, -0.05) is 41.6 Å². The van der Waals surface area contributed by atoms with Crippen molar-refractivity contribution in [3.8, 4) is 11.5 Å². The molecule has 0 aliphatic heterocycles. The number of fused-ring (bicyclic) bond motifs is 1. The summed E-state index contributed by atoms with van der Waals surface area (Å²) in [6, 6.07) is 22.1. The average molecular weight is 388 g/mol. The standard InChI is InChI=1S/C22H20N4O3/c1-28-19-13-12-16(14-20(19)29-2)21(23-22(27)15-8-4-3-5-9-15)26-18-11-7-6-10-17(18)24-25-26/h3-14,21H,1-2H3,(H,23,27)/t21-/m1/s1. The maximum absolute atomic E-state index is 12.9. The van der Waals surface area contributed by atoms with E-state index in [4.69, 9.17) is 9.47 Å². The van der Waals surface area contributed by atoms with Gasteiger partial charge in [0.2, 0.25) is 0 Å². The van der Waals surface area contributed by atoms with Crippen molar-refractivity contribution in [3.63, 3.8) is 0 Å². The fourth-order valence-corrected chi connectivity index (χ4v) is 3.18. The van der Waals surface area contributed by atoms with Gasteiger partial charge in [0, 0.05) is 11.1 Å². The van der Waals surface area contributed by atoms with Crippen molar-refractivity contribution < 1.29 is 14.3 Å². The molecule has 0 bridgehead atoms. The molecule has 29 heavy (non-hydrogen) atoms. The third-order valence-corrected chi connectivity index (χ3v) is 4.65. The predicted molar refractivity (Wildman–Crippen MR) is 109 cm³/mol. The zero-order valence-corrected chi connectivity index (χ0v) is 16.1. The molecule has 0 aliphatic carbocycles. The highest BCUT2D eigenvalue weighted by molar-refractivity contribution is 5.94. The number of rotatable bonds is 6. The maximum Gasteiger partial charge on any atom is 0.253 e. The first-order chi connectivity index (χ1) is 14.2. The van der Waals surface area contributed by atoms with E-state index in [1.54, 1.807) is 37.1 Å². The van der Waals surface area contributed by atoms with Crippen molar-refractivity contribution >= 4 is 16.9 Å². The second-order valence-corrected chi connectivity index (χ2v) is 6.38. The van der Waals surface area contributed by atoms with Crippen LogP contribution in [-0.2, 0) is 0 Å². The molecule has 0 spiro atoms. The maximum atomic E-state index is 12.9. The van der Waals surface area contributed by atoms with Gasteiger partial charge in [-0.15, -0.1) is 5.10 Å². The monoisotopic (exact) mass is 388 g/mol. The number of hydrogen-bond acceptors (Lipinski definition) is 5. The van der Waals surface area contributed by atoms with E-state index >= 15 is 0 Å². The molecule has 1 amide bonds. The first-order valence-corrected chi connectivity index (χ1v) is 9.09. The number of carbonyl (C=O) groups is 1. The Bertz CT molecular complexity index is 1140. The normalized spacial score (nSPS) is 11.8. The number of benzene rings is 3. The average Bonchev–Trinajstić information content (AvgIpc) is 3.21. The van der Waals surface area contributed by atoms with E-state index in [2.05, 4.69) is 15.6 Å². The summed E-state index contributed by atoms with van der Waals surface area (Å²) in [4.78, 5) is 12.9. The first-order valence-electron chi connectivity index (χ1n) is 9.09. The van der Waals surface area contributed by atoms with E-state index < -0.39 is 6.17 Å². The fraction of sp³-hybridized carbons (Fsp3) is 0.136. The summed E-state index contributed by atoms with van der Waals surface area (Å²) in [5.41, 5.74) is 2.89. The Morgan fingerprint density at radius 3 is 2.41 bits per heavy atom. The van der Waals surface area contributed by atoms with E-state index in [0.717, 1.165) is 16.6 Å². The van der Waals surface area contributed by atoms with Gasteiger partial charge in [0.05, 0.1) is 19.7 Å². The number of hydrogen-bond donors (Lipinski definition) is 1. The van der Waals surface area contributed by atoms with Crippen molar-refractivity contribution in [2.24, 2.45) is 0 Å². The highest BCUT2D eigenvalue weighted by Crippen LogP contribution is 2.31. The Morgan fingerprint density at radius 2 is 1.66 bits per heavy atom. The van der Waals surface area contributed by atoms with E-state index in [0.29, 0.717) is 17.1 Å². The SMILES string of the molecule is COc1ccc([C@H](NC(=O)c2ccccc2)n2nnc3ccccc32)cc1OC. The molecule has 1 heterocycles. The van der Waals surface area contributed by atoms with Crippen LogP contribution in [0.3, 0.4) is 0 Å². The lowest BCUT2D eigenvalue weighted by molar-refractivity contribution is 0.0927. The second kappa shape index (κ2) is 8.02. The summed E-state index contributed by atoms with van der Waals surface area (Å²) in [6.45, 7) is 0. The van der Waals surface area contributed by atoms with Crippen LogP contribution < -0.4 is 14.8 Å². The van der Waals surface area contributed by atoms with Crippen LogP contribution in [0.4, 0.5) is 0 Å². The number of nitrogens with one attached hydrogen (secondary N) is 1. The first kappa shape index (κ1) is 18.5. The number of methoxy groups -OCH3 is 2. The second-order valence-electron chi connectivity index (χ2n) is 6.38. The Morgan fingerprint density at radius 1 is 0.931 bits per heavy atom. The molecule has 0 fully saturated rings. The van der Waals surface area contributed by atoms with E-state index in [9.17, 15) is 4.79 Å². The smallest absolute Gasteiger partial charge is 0.253 e. The number of carbonyl (C=O) groups excluding carboxylic acids is 1. The van der Waals surface area contributed by atoms with E-state index in [-0.39, 0.29) is 5.91 Å². The number of ether oxygens (including phenoxy) is 2. The predicted octanol–water partition coefficient (Wildman–Crippen LogP) is 3.43. The Kier molecular flexibility index (Phi) is 5.11. The summed E-state index contributed by atoms with van der Waals surface area (Å²) >= 11 is 0. The molecule has 1 aromatic heterocycles. The summed E-state index contributed by atoms with van der Waals surface area (Å²) in [6.07, 6.45) is -0.588.